The third-order valence-corrected chi connectivity index (χ3v) is 2.50. The number of nitrogens with one attached hydrogen (secondary N) is 2. The quantitative estimate of drug-likeness (QED) is 0.781. The van der Waals surface area contributed by atoms with Gasteiger partial charge in [-0.15, -0.1) is 12.4 Å². The third kappa shape index (κ3) is 7.21. The first-order valence-electron chi connectivity index (χ1n) is 5.38. The monoisotopic (exact) mass is 276 g/mol. The Morgan fingerprint density at radius 3 is 2.47 bits per heavy atom. The zero-order valence-electron chi connectivity index (χ0n) is 9.83. The zero-order chi connectivity index (χ0) is 11.8. The highest BCUT2D eigenvalue weighted by atomic mass is 35.5. The standard InChI is InChI=1S/C12H17ClN2O.ClH/c1-14-8-9-15-12(16)7-4-10-2-5-11(13)6-3-10;/h2-3,5-6,14H,4,7-9H2,1H3,(H,15,16);1H. The van der Waals surface area contributed by atoms with Gasteiger partial charge in [0.1, 0.15) is 0 Å². The fourth-order valence-electron chi connectivity index (χ4n) is 1.32. The summed E-state index contributed by atoms with van der Waals surface area (Å²) in [6.45, 7) is 1.47. The number of amides is 1. The molecule has 96 valence electrons. The predicted octanol–water partition coefficient (Wildman–Crippen LogP) is 2.03. The first-order chi connectivity index (χ1) is 7.72. The van der Waals surface area contributed by atoms with Gasteiger partial charge < -0.3 is 10.6 Å². The fraction of sp³-hybridized carbons (Fsp3) is 0.417. The number of carbonyl (C=O) groups excluding carboxylic acids is 1. The minimum absolute atomic E-state index is 0. The Labute approximate surface area is 113 Å². The average Bonchev–Trinajstić information content (AvgIpc) is 2.29. The average molecular weight is 277 g/mol. The van der Waals surface area contributed by atoms with Gasteiger partial charge in [-0.05, 0) is 31.2 Å². The molecule has 0 saturated heterocycles. The summed E-state index contributed by atoms with van der Waals surface area (Å²) >= 11 is 5.77. The lowest BCUT2D eigenvalue weighted by Crippen LogP contribution is -2.30. The molecule has 0 aliphatic carbocycles. The van der Waals surface area contributed by atoms with Crippen molar-refractivity contribution in [1.29, 1.82) is 0 Å². The first-order valence-corrected chi connectivity index (χ1v) is 5.76. The van der Waals surface area contributed by atoms with Gasteiger partial charge in [0.05, 0.1) is 0 Å². The molecule has 0 spiro atoms. The van der Waals surface area contributed by atoms with Crippen LogP contribution in [0.3, 0.4) is 0 Å². The zero-order valence-corrected chi connectivity index (χ0v) is 11.4. The number of halogens is 2. The maximum absolute atomic E-state index is 11.4. The van der Waals surface area contributed by atoms with Crippen molar-refractivity contribution in [1.82, 2.24) is 10.6 Å². The molecule has 1 amide bonds. The number of hydrogen-bond acceptors (Lipinski definition) is 2. The Bertz CT molecular complexity index is 328. The normalized spacial score (nSPS) is 9.53. The summed E-state index contributed by atoms with van der Waals surface area (Å²) in [5, 5.41) is 6.54. The van der Waals surface area contributed by atoms with Crippen molar-refractivity contribution >= 4 is 29.9 Å². The van der Waals surface area contributed by atoms with E-state index in [0.29, 0.717) is 13.0 Å². The van der Waals surface area contributed by atoms with Gasteiger partial charge in [0, 0.05) is 24.5 Å². The summed E-state index contributed by atoms with van der Waals surface area (Å²) in [4.78, 5) is 11.4. The first kappa shape index (κ1) is 16.2. The van der Waals surface area contributed by atoms with Crippen LogP contribution in [0.4, 0.5) is 0 Å². The molecular formula is C12H18Cl2N2O. The molecule has 0 bridgehead atoms. The number of likely N-dealkylation sites (N-methyl/N-ethyl adjacent to an activating group) is 1. The fourth-order valence-corrected chi connectivity index (χ4v) is 1.45. The van der Waals surface area contributed by atoms with E-state index in [-0.39, 0.29) is 18.3 Å². The molecule has 3 nitrogen and oxygen atoms in total. The van der Waals surface area contributed by atoms with Crippen LogP contribution in [0, 0.1) is 0 Å². The number of hydrogen-bond donors (Lipinski definition) is 2. The summed E-state index contributed by atoms with van der Waals surface area (Å²) < 4.78 is 0. The van der Waals surface area contributed by atoms with Crippen LogP contribution in [0.5, 0.6) is 0 Å². The van der Waals surface area contributed by atoms with E-state index in [1.807, 2.05) is 31.3 Å². The van der Waals surface area contributed by atoms with Crippen molar-refractivity contribution < 1.29 is 4.79 Å². The van der Waals surface area contributed by atoms with Crippen molar-refractivity contribution in [2.24, 2.45) is 0 Å². The second-order valence-electron chi connectivity index (χ2n) is 3.58. The van der Waals surface area contributed by atoms with E-state index >= 15 is 0 Å². The highest BCUT2D eigenvalue weighted by molar-refractivity contribution is 6.30. The largest absolute Gasteiger partial charge is 0.355 e. The van der Waals surface area contributed by atoms with E-state index in [4.69, 9.17) is 11.6 Å². The molecule has 0 atom stereocenters. The molecule has 1 aromatic carbocycles. The van der Waals surface area contributed by atoms with Crippen molar-refractivity contribution in [3.05, 3.63) is 34.9 Å². The second-order valence-corrected chi connectivity index (χ2v) is 4.02. The lowest BCUT2D eigenvalue weighted by molar-refractivity contribution is -0.121. The molecule has 0 radical (unpaired) electrons. The lowest BCUT2D eigenvalue weighted by atomic mass is 10.1. The van der Waals surface area contributed by atoms with Crippen LogP contribution in [0.2, 0.25) is 5.02 Å². The molecule has 0 fully saturated rings. The van der Waals surface area contributed by atoms with Crippen LogP contribution >= 0.6 is 24.0 Å². The van der Waals surface area contributed by atoms with Crippen LogP contribution in [0.1, 0.15) is 12.0 Å². The van der Waals surface area contributed by atoms with Gasteiger partial charge in [-0.1, -0.05) is 23.7 Å². The van der Waals surface area contributed by atoms with Gasteiger partial charge in [-0.2, -0.15) is 0 Å². The van der Waals surface area contributed by atoms with Crippen molar-refractivity contribution in [3.63, 3.8) is 0 Å². The molecule has 0 aliphatic heterocycles. The van der Waals surface area contributed by atoms with Gasteiger partial charge in [-0.25, -0.2) is 0 Å². The summed E-state index contributed by atoms with van der Waals surface area (Å²) in [5.41, 5.74) is 1.13. The van der Waals surface area contributed by atoms with Gasteiger partial charge in [-0.3, -0.25) is 4.79 Å². The maximum Gasteiger partial charge on any atom is 0.220 e. The Kier molecular flexibility index (Phi) is 8.86. The molecule has 0 saturated carbocycles. The maximum atomic E-state index is 11.4. The van der Waals surface area contributed by atoms with E-state index in [1.54, 1.807) is 0 Å². The molecule has 2 N–H and O–H groups in total. The Hall–Kier alpha value is -0.770. The number of benzene rings is 1. The second kappa shape index (κ2) is 9.28. The SMILES string of the molecule is CNCCNC(=O)CCc1ccc(Cl)cc1.Cl. The van der Waals surface area contributed by atoms with Crippen LogP contribution < -0.4 is 10.6 Å². The Balaban J connectivity index is 0.00000256. The molecule has 1 aromatic rings. The molecule has 0 aromatic heterocycles. The Morgan fingerprint density at radius 1 is 1.24 bits per heavy atom. The third-order valence-electron chi connectivity index (χ3n) is 2.25. The predicted molar refractivity (Wildman–Crippen MR) is 74.0 cm³/mol. The van der Waals surface area contributed by atoms with E-state index in [1.165, 1.54) is 0 Å². The van der Waals surface area contributed by atoms with E-state index in [0.717, 1.165) is 23.6 Å². The minimum Gasteiger partial charge on any atom is -0.355 e. The Morgan fingerprint density at radius 2 is 1.88 bits per heavy atom. The van der Waals surface area contributed by atoms with Crippen LogP contribution in [-0.2, 0) is 11.2 Å². The highest BCUT2D eigenvalue weighted by Crippen LogP contribution is 2.10. The topological polar surface area (TPSA) is 41.1 Å². The van der Waals surface area contributed by atoms with Crippen molar-refractivity contribution in [2.45, 2.75) is 12.8 Å². The van der Waals surface area contributed by atoms with Crippen LogP contribution in [0.25, 0.3) is 0 Å². The van der Waals surface area contributed by atoms with Gasteiger partial charge in [0.15, 0.2) is 0 Å². The smallest absolute Gasteiger partial charge is 0.220 e. The van der Waals surface area contributed by atoms with E-state index < -0.39 is 0 Å². The highest BCUT2D eigenvalue weighted by Gasteiger charge is 2.01. The van der Waals surface area contributed by atoms with Gasteiger partial charge in [0.2, 0.25) is 5.91 Å². The van der Waals surface area contributed by atoms with Gasteiger partial charge >= 0.3 is 0 Å². The number of aryl methyl sites for hydroxylation is 1. The number of rotatable bonds is 6. The lowest BCUT2D eigenvalue weighted by Gasteiger charge is -2.04. The summed E-state index contributed by atoms with van der Waals surface area (Å²) in [5.74, 6) is 0.0881. The molecule has 17 heavy (non-hydrogen) atoms. The summed E-state index contributed by atoms with van der Waals surface area (Å²) in [6.07, 6.45) is 1.27. The van der Waals surface area contributed by atoms with E-state index in [2.05, 4.69) is 10.6 Å². The molecule has 1 rings (SSSR count). The van der Waals surface area contributed by atoms with Crippen LogP contribution in [0.15, 0.2) is 24.3 Å². The summed E-state index contributed by atoms with van der Waals surface area (Å²) in [6, 6.07) is 7.58. The number of carbonyl (C=O) groups is 1. The van der Waals surface area contributed by atoms with E-state index in [9.17, 15) is 4.79 Å². The van der Waals surface area contributed by atoms with Crippen molar-refractivity contribution in [2.75, 3.05) is 20.1 Å². The van der Waals surface area contributed by atoms with Crippen LogP contribution in [-0.4, -0.2) is 26.0 Å². The van der Waals surface area contributed by atoms with Crippen molar-refractivity contribution in [3.8, 4) is 0 Å². The molecule has 5 heteroatoms. The molecule has 0 heterocycles. The molecule has 0 unspecified atom stereocenters. The molecule has 0 aliphatic rings. The summed E-state index contributed by atoms with van der Waals surface area (Å²) in [7, 11) is 1.86. The molecular weight excluding hydrogens is 259 g/mol. The minimum atomic E-state index is 0. The van der Waals surface area contributed by atoms with Gasteiger partial charge in [0.25, 0.3) is 0 Å².